The highest BCUT2D eigenvalue weighted by molar-refractivity contribution is 5.74. The molecule has 0 atom stereocenters. The molecule has 0 aliphatic carbocycles. The SMILES string of the molecule is Cc1nc2c([nH]1)CN(C(=O)NCc1cn3c(C)cccc3n1)CC2. The van der Waals surface area contributed by atoms with Gasteiger partial charge in [-0.25, -0.2) is 14.8 Å². The van der Waals surface area contributed by atoms with Gasteiger partial charge in [0, 0.05) is 24.9 Å². The van der Waals surface area contributed by atoms with E-state index in [2.05, 4.69) is 20.3 Å². The van der Waals surface area contributed by atoms with Crippen molar-refractivity contribution in [3.63, 3.8) is 0 Å². The second-order valence-corrected chi connectivity index (χ2v) is 6.21. The number of nitrogens with one attached hydrogen (secondary N) is 2. The average molecular weight is 324 g/mol. The number of aromatic amines is 1. The molecule has 0 spiro atoms. The topological polar surface area (TPSA) is 78.3 Å². The fourth-order valence-electron chi connectivity index (χ4n) is 3.17. The first kappa shape index (κ1) is 14.7. The smallest absolute Gasteiger partial charge is 0.318 e. The number of amides is 2. The molecule has 7 heteroatoms. The fraction of sp³-hybridized carbons (Fsp3) is 0.353. The molecule has 0 radical (unpaired) electrons. The molecular formula is C17H20N6O. The van der Waals surface area contributed by atoms with E-state index in [9.17, 15) is 4.79 Å². The van der Waals surface area contributed by atoms with E-state index < -0.39 is 0 Å². The highest BCUT2D eigenvalue weighted by Gasteiger charge is 2.23. The molecule has 0 unspecified atom stereocenters. The number of aromatic nitrogens is 4. The lowest BCUT2D eigenvalue weighted by molar-refractivity contribution is 0.191. The molecule has 2 amide bonds. The second-order valence-electron chi connectivity index (χ2n) is 6.21. The van der Waals surface area contributed by atoms with E-state index in [-0.39, 0.29) is 6.03 Å². The van der Waals surface area contributed by atoms with Crippen molar-refractivity contribution in [2.24, 2.45) is 0 Å². The molecule has 3 aromatic heterocycles. The Morgan fingerprint density at radius 1 is 1.33 bits per heavy atom. The number of carbonyl (C=O) groups excluding carboxylic acids is 1. The minimum atomic E-state index is -0.0679. The number of pyridine rings is 1. The van der Waals surface area contributed by atoms with Crippen LogP contribution in [0.3, 0.4) is 0 Å². The summed E-state index contributed by atoms with van der Waals surface area (Å²) in [6.07, 6.45) is 2.76. The average Bonchev–Trinajstić information content (AvgIpc) is 3.14. The van der Waals surface area contributed by atoms with Gasteiger partial charge in [-0.05, 0) is 26.0 Å². The largest absolute Gasteiger partial charge is 0.344 e. The maximum atomic E-state index is 12.4. The van der Waals surface area contributed by atoms with Crippen LogP contribution >= 0.6 is 0 Å². The van der Waals surface area contributed by atoms with Crippen LogP contribution in [-0.4, -0.2) is 36.8 Å². The Morgan fingerprint density at radius 2 is 2.21 bits per heavy atom. The minimum absolute atomic E-state index is 0.0679. The van der Waals surface area contributed by atoms with Gasteiger partial charge in [0.25, 0.3) is 0 Å². The molecular weight excluding hydrogens is 304 g/mol. The summed E-state index contributed by atoms with van der Waals surface area (Å²) in [7, 11) is 0. The molecule has 124 valence electrons. The van der Waals surface area contributed by atoms with Crippen LogP contribution in [0.5, 0.6) is 0 Å². The Balaban J connectivity index is 1.42. The number of H-pyrrole nitrogens is 1. The van der Waals surface area contributed by atoms with E-state index in [0.29, 0.717) is 19.6 Å². The van der Waals surface area contributed by atoms with Gasteiger partial charge in [-0.2, -0.15) is 0 Å². The summed E-state index contributed by atoms with van der Waals surface area (Å²) in [6, 6.07) is 5.92. The first-order valence-corrected chi connectivity index (χ1v) is 8.11. The third-order valence-electron chi connectivity index (χ3n) is 4.40. The van der Waals surface area contributed by atoms with Gasteiger partial charge in [-0.1, -0.05) is 6.07 Å². The highest BCUT2D eigenvalue weighted by atomic mass is 16.2. The molecule has 0 saturated carbocycles. The van der Waals surface area contributed by atoms with E-state index in [4.69, 9.17) is 0 Å². The lowest BCUT2D eigenvalue weighted by Gasteiger charge is -2.26. The van der Waals surface area contributed by atoms with Crippen molar-refractivity contribution in [3.8, 4) is 0 Å². The number of rotatable bonds is 2. The van der Waals surface area contributed by atoms with Crippen molar-refractivity contribution in [2.75, 3.05) is 6.54 Å². The number of urea groups is 1. The van der Waals surface area contributed by atoms with Gasteiger partial charge >= 0.3 is 6.03 Å². The Bertz CT molecular complexity index is 909. The van der Waals surface area contributed by atoms with Crippen LogP contribution in [0.4, 0.5) is 4.79 Å². The molecule has 0 aromatic carbocycles. The zero-order valence-electron chi connectivity index (χ0n) is 13.8. The van der Waals surface area contributed by atoms with Crippen molar-refractivity contribution < 1.29 is 4.79 Å². The molecule has 3 aromatic rings. The summed E-state index contributed by atoms with van der Waals surface area (Å²) in [5.74, 6) is 0.905. The minimum Gasteiger partial charge on any atom is -0.344 e. The van der Waals surface area contributed by atoms with Gasteiger partial charge in [0.1, 0.15) is 11.5 Å². The summed E-state index contributed by atoms with van der Waals surface area (Å²) >= 11 is 0. The van der Waals surface area contributed by atoms with Gasteiger partial charge in [0.15, 0.2) is 0 Å². The molecule has 1 aliphatic rings. The quantitative estimate of drug-likeness (QED) is 0.756. The van der Waals surface area contributed by atoms with Gasteiger partial charge in [-0.3, -0.25) is 0 Å². The van der Waals surface area contributed by atoms with Crippen molar-refractivity contribution in [1.29, 1.82) is 0 Å². The normalized spacial score (nSPS) is 14.0. The summed E-state index contributed by atoms with van der Waals surface area (Å²) in [5, 5.41) is 2.96. The molecule has 2 N–H and O–H groups in total. The van der Waals surface area contributed by atoms with E-state index in [1.165, 1.54) is 0 Å². The standard InChI is InChI=1S/C17H20N6O/c1-11-4-3-5-16-21-13(9-23(11)16)8-18-17(24)22-7-6-14-15(10-22)20-12(2)19-14/h3-5,9H,6-8,10H2,1-2H3,(H,18,24)(H,19,20). The summed E-state index contributed by atoms with van der Waals surface area (Å²) in [5.41, 5.74) is 4.99. The van der Waals surface area contributed by atoms with Crippen molar-refractivity contribution in [3.05, 3.63) is 53.0 Å². The molecule has 24 heavy (non-hydrogen) atoms. The van der Waals surface area contributed by atoms with E-state index in [1.807, 2.05) is 42.6 Å². The second kappa shape index (κ2) is 5.67. The lowest BCUT2D eigenvalue weighted by atomic mass is 10.1. The first-order chi connectivity index (χ1) is 11.6. The lowest BCUT2D eigenvalue weighted by Crippen LogP contribution is -2.42. The third-order valence-corrected chi connectivity index (χ3v) is 4.40. The highest BCUT2D eigenvalue weighted by Crippen LogP contribution is 2.16. The number of fused-ring (bicyclic) bond motifs is 2. The van der Waals surface area contributed by atoms with Gasteiger partial charge in [-0.15, -0.1) is 0 Å². The zero-order chi connectivity index (χ0) is 16.7. The number of carbonyl (C=O) groups is 1. The number of aryl methyl sites for hydroxylation is 2. The van der Waals surface area contributed by atoms with Crippen LogP contribution in [-0.2, 0) is 19.5 Å². The van der Waals surface area contributed by atoms with Crippen LogP contribution in [0.15, 0.2) is 24.4 Å². The predicted molar refractivity (Wildman–Crippen MR) is 89.6 cm³/mol. The summed E-state index contributed by atoms with van der Waals surface area (Å²) in [6.45, 7) is 5.66. The third kappa shape index (κ3) is 2.62. The maximum Gasteiger partial charge on any atom is 0.318 e. The maximum absolute atomic E-state index is 12.4. The fourth-order valence-corrected chi connectivity index (χ4v) is 3.17. The number of hydrogen-bond donors (Lipinski definition) is 2. The molecule has 0 fully saturated rings. The molecule has 4 rings (SSSR count). The van der Waals surface area contributed by atoms with Crippen LogP contribution in [0.1, 0.15) is 28.6 Å². The van der Waals surface area contributed by atoms with Crippen molar-refractivity contribution >= 4 is 11.7 Å². The monoisotopic (exact) mass is 324 g/mol. The van der Waals surface area contributed by atoms with Gasteiger partial charge in [0.05, 0.1) is 30.2 Å². The zero-order valence-corrected chi connectivity index (χ0v) is 13.8. The molecule has 0 saturated heterocycles. The molecule has 0 bridgehead atoms. The van der Waals surface area contributed by atoms with Crippen LogP contribution < -0.4 is 5.32 Å². The van der Waals surface area contributed by atoms with Gasteiger partial charge in [0.2, 0.25) is 0 Å². The Kier molecular flexibility index (Phi) is 3.48. The first-order valence-electron chi connectivity index (χ1n) is 8.11. The van der Waals surface area contributed by atoms with Crippen LogP contribution in [0.2, 0.25) is 0 Å². The van der Waals surface area contributed by atoms with Crippen molar-refractivity contribution in [1.82, 2.24) is 29.6 Å². The van der Waals surface area contributed by atoms with Crippen LogP contribution in [0, 0.1) is 13.8 Å². The van der Waals surface area contributed by atoms with E-state index in [0.717, 1.165) is 40.7 Å². The number of imidazole rings is 2. The van der Waals surface area contributed by atoms with Crippen molar-refractivity contribution in [2.45, 2.75) is 33.4 Å². The Hall–Kier alpha value is -2.83. The molecule has 1 aliphatic heterocycles. The number of nitrogens with zero attached hydrogens (tertiary/aromatic N) is 4. The van der Waals surface area contributed by atoms with E-state index in [1.54, 1.807) is 4.90 Å². The van der Waals surface area contributed by atoms with Crippen LogP contribution in [0.25, 0.3) is 5.65 Å². The predicted octanol–water partition coefficient (Wildman–Crippen LogP) is 1.94. The van der Waals surface area contributed by atoms with E-state index >= 15 is 0 Å². The molecule has 7 nitrogen and oxygen atoms in total. The molecule has 4 heterocycles. The summed E-state index contributed by atoms with van der Waals surface area (Å²) < 4.78 is 2.03. The summed E-state index contributed by atoms with van der Waals surface area (Å²) in [4.78, 5) is 26.4. The number of hydrogen-bond acceptors (Lipinski definition) is 3. The van der Waals surface area contributed by atoms with Gasteiger partial charge < -0.3 is 19.6 Å². The Labute approximate surface area is 139 Å². The Morgan fingerprint density at radius 3 is 3.04 bits per heavy atom.